The number of urea groups is 1. The summed E-state index contributed by atoms with van der Waals surface area (Å²) in [7, 11) is 1.24. The number of aromatic amines is 1. The normalized spacial score (nSPS) is 16.3. The monoisotopic (exact) mass is 410 g/mol. The van der Waals surface area contributed by atoms with Crippen molar-refractivity contribution in [3.05, 3.63) is 51.8 Å². The molecule has 2 heterocycles. The van der Waals surface area contributed by atoms with Crippen LogP contribution in [0.5, 0.6) is 0 Å². The quantitative estimate of drug-likeness (QED) is 0.758. The van der Waals surface area contributed by atoms with Crippen molar-refractivity contribution in [1.82, 2.24) is 20.2 Å². The van der Waals surface area contributed by atoms with Crippen LogP contribution < -0.4 is 5.32 Å². The fourth-order valence-corrected chi connectivity index (χ4v) is 3.19. The Bertz CT molecular complexity index is 810. The minimum absolute atomic E-state index is 0.255. The predicted molar refractivity (Wildman–Crippen MR) is 90.4 cm³/mol. The standard InChI is InChI=1S/C16H16BrFN4O3/c1-25-13(23)7-19-16(24)22-5-4-12-14(21-8-20-12)15(22)10-3-2-9(17)6-11(10)18/h2-3,6,8,15H,4-5,7H2,1H3,(H,19,24)(H,20,21). The lowest BCUT2D eigenvalue weighted by molar-refractivity contribution is -0.139. The summed E-state index contributed by atoms with van der Waals surface area (Å²) in [5.74, 6) is -1.00. The molecule has 132 valence electrons. The molecule has 0 bridgehead atoms. The molecule has 7 nitrogen and oxygen atoms in total. The van der Waals surface area contributed by atoms with E-state index < -0.39 is 23.9 Å². The molecule has 1 atom stereocenters. The van der Waals surface area contributed by atoms with Gasteiger partial charge in [-0.25, -0.2) is 14.2 Å². The Balaban J connectivity index is 1.94. The second-order valence-corrected chi connectivity index (χ2v) is 6.43. The van der Waals surface area contributed by atoms with E-state index in [1.54, 1.807) is 12.1 Å². The average molecular weight is 411 g/mol. The Labute approximate surface area is 151 Å². The Morgan fingerprint density at radius 2 is 2.32 bits per heavy atom. The van der Waals surface area contributed by atoms with E-state index >= 15 is 0 Å². The minimum Gasteiger partial charge on any atom is -0.468 e. The SMILES string of the molecule is COC(=O)CNC(=O)N1CCc2[nH]cnc2C1c1ccc(Br)cc1F. The highest BCUT2D eigenvalue weighted by Gasteiger charge is 2.35. The number of halogens is 2. The second kappa shape index (κ2) is 7.22. The number of methoxy groups -OCH3 is 1. The number of carbonyl (C=O) groups is 2. The lowest BCUT2D eigenvalue weighted by Gasteiger charge is -2.35. The first-order valence-corrected chi connectivity index (χ1v) is 8.39. The average Bonchev–Trinajstić information content (AvgIpc) is 3.07. The zero-order valence-electron chi connectivity index (χ0n) is 13.4. The highest BCUT2D eigenvalue weighted by atomic mass is 79.9. The number of aromatic nitrogens is 2. The van der Waals surface area contributed by atoms with Gasteiger partial charge < -0.3 is 19.9 Å². The van der Waals surface area contributed by atoms with Crippen molar-refractivity contribution >= 4 is 27.9 Å². The molecule has 0 saturated heterocycles. The second-order valence-electron chi connectivity index (χ2n) is 5.51. The van der Waals surface area contributed by atoms with Gasteiger partial charge in [0.1, 0.15) is 18.4 Å². The largest absolute Gasteiger partial charge is 0.468 e. The van der Waals surface area contributed by atoms with Crippen LogP contribution in [0.2, 0.25) is 0 Å². The van der Waals surface area contributed by atoms with Gasteiger partial charge in [0.2, 0.25) is 0 Å². The van der Waals surface area contributed by atoms with Gasteiger partial charge in [0.15, 0.2) is 0 Å². The Morgan fingerprint density at radius 3 is 3.04 bits per heavy atom. The maximum Gasteiger partial charge on any atom is 0.325 e. The molecule has 1 unspecified atom stereocenters. The fourth-order valence-electron chi connectivity index (χ4n) is 2.86. The number of esters is 1. The molecule has 2 aromatic rings. The first-order valence-electron chi connectivity index (χ1n) is 7.59. The third-order valence-corrected chi connectivity index (χ3v) is 4.55. The number of imidazole rings is 1. The first-order chi connectivity index (χ1) is 12.0. The van der Waals surface area contributed by atoms with Crippen LogP contribution in [0, 0.1) is 5.82 Å². The minimum atomic E-state index is -0.680. The van der Waals surface area contributed by atoms with E-state index in [4.69, 9.17) is 0 Å². The molecule has 0 radical (unpaired) electrons. The van der Waals surface area contributed by atoms with E-state index in [2.05, 4.69) is 36.0 Å². The third kappa shape index (κ3) is 3.51. The fraction of sp³-hybridized carbons (Fsp3) is 0.312. The summed E-state index contributed by atoms with van der Waals surface area (Å²) >= 11 is 3.23. The highest BCUT2D eigenvalue weighted by molar-refractivity contribution is 9.10. The molecular weight excluding hydrogens is 395 g/mol. The van der Waals surface area contributed by atoms with Crippen molar-refractivity contribution in [2.75, 3.05) is 20.2 Å². The molecule has 0 aliphatic carbocycles. The van der Waals surface area contributed by atoms with Crippen molar-refractivity contribution < 1.29 is 18.7 Å². The summed E-state index contributed by atoms with van der Waals surface area (Å²) in [5.41, 5.74) is 1.80. The molecule has 0 fully saturated rings. The number of rotatable bonds is 3. The van der Waals surface area contributed by atoms with Crippen LogP contribution in [0.3, 0.4) is 0 Å². The van der Waals surface area contributed by atoms with Crippen molar-refractivity contribution in [3.63, 3.8) is 0 Å². The number of H-pyrrole nitrogens is 1. The van der Waals surface area contributed by atoms with E-state index in [1.807, 2.05) is 0 Å². The maximum absolute atomic E-state index is 14.5. The van der Waals surface area contributed by atoms with Gasteiger partial charge in [-0.1, -0.05) is 22.0 Å². The van der Waals surface area contributed by atoms with Gasteiger partial charge in [-0.05, 0) is 12.1 Å². The van der Waals surface area contributed by atoms with Crippen molar-refractivity contribution in [3.8, 4) is 0 Å². The van der Waals surface area contributed by atoms with E-state index in [0.717, 1.165) is 5.69 Å². The van der Waals surface area contributed by atoms with E-state index in [9.17, 15) is 14.0 Å². The molecule has 0 spiro atoms. The molecule has 1 aromatic carbocycles. The van der Waals surface area contributed by atoms with E-state index in [1.165, 1.54) is 24.4 Å². The summed E-state index contributed by atoms with van der Waals surface area (Å²) < 4.78 is 19.7. The van der Waals surface area contributed by atoms with Crippen molar-refractivity contribution in [2.24, 2.45) is 0 Å². The van der Waals surface area contributed by atoms with Gasteiger partial charge in [-0.15, -0.1) is 0 Å². The molecule has 1 aliphatic rings. The van der Waals surface area contributed by atoms with Crippen LogP contribution in [0.25, 0.3) is 0 Å². The molecule has 1 aromatic heterocycles. The summed E-state index contributed by atoms with van der Waals surface area (Å²) in [6.45, 7) is 0.108. The zero-order valence-corrected chi connectivity index (χ0v) is 15.0. The number of hydrogen-bond acceptors (Lipinski definition) is 4. The number of amides is 2. The van der Waals surface area contributed by atoms with Crippen molar-refractivity contribution in [2.45, 2.75) is 12.5 Å². The summed E-state index contributed by atoms with van der Waals surface area (Å²) in [5, 5.41) is 2.50. The van der Waals surface area contributed by atoms with Gasteiger partial charge >= 0.3 is 12.0 Å². The summed E-state index contributed by atoms with van der Waals surface area (Å²) in [4.78, 5) is 32.6. The molecule has 25 heavy (non-hydrogen) atoms. The number of fused-ring (bicyclic) bond motifs is 1. The highest BCUT2D eigenvalue weighted by Crippen LogP contribution is 2.35. The van der Waals surface area contributed by atoms with Crippen LogP contribution in [-0.4, -0.2) is 47.1 Å². The maximum atomic E-state index is 14.5. The zero-order chi connectivity index (χ0) is 18.0. The molecule has 2 N–H and O–H groups in total. The molecular formula is C16H16BrFN4O3. The van der Waals surface area contributed by atoms with E-state index in [0.29, 0.717) is 28.7 Å². The van der Waals surface area contributed by atoms with Gasteiger partial charge in [0, 0.05) is 28.7 Å². The lowest BCUT2D eigenvalue weighted by atomic mass is 9.95. The number of nitrogens with zero attached hydrogens (tertiary/aromatic N) is 2. The summed E-state index contributed by atoms with van der Waals surface area (Å²) in [6, 6.07) is 3.52. The van der Waals surface area contributed by atoms with Gasteiger partial charge in [0.25, 0.3) is 0 Å². The molecule has 9 heteroatoms. The molecule has 3 rings (SSSR count). The summed E-state index contributed by atoms with van der Waals surface area (Å²) in [6.07, 6.45) is 2.10. The Kier molecular flexibility index (Phi) is 5.03. The van der Waals surface area contributed by atoms with Crippen LogP contribution >= 0.6 is 15.9 Å². The smallest absolute Gasteiger partial charge is 0.325 e. The van der Waals surface area contributed by atoms with Crippen LogP contribution in [-0.2, 0) is 16.0 Å². The lowest BCUT2D eigenvalue weighted by Crippen LogP contribution is -2.47. The number of hydrogen-bond donors (Lipinski definition) is 2. The first kappa shape index (κ1) is 17.4. The molecule has 1 aliphatic heterocycles. The number of carbonyl (C=O) groups excluding carboxylic acids is 2. The predicted octanol–water partition coefficient (Wildman–Crippen LogP) is 2.14. The topological polar surface area (TPSA) is 87.3 Å². The van der Waals surface area contributed by atoms with Gasteiger partial charge in [0.05, 0.1) is 19.1 Å². The van der Waals surface area contributed by atoms with Crippen LogP contribution in [0.15, 0.2) is 29.0 Å². The third-order valence-electron chi connectivity index (χ3n) is 4.05. The van der Waals surface area contributed by atoms with Crippen LogP contribution in [0.4, 0.5) is 9.18 Å². The molecule has 0 saturated carbocycles. The van der Waals surface area contributed by atoms with Gasteiger partial charge in [-0.3, -0.25) is 4.79 Å². The van der Waals surface area contributed by atoms with Crippen molar-refractivity contribution in [1.29, 1.82) is 0 Å². The van der Waals surface area contributed by atoms with Crippen LogP contribution in [0.1, 0.15) is 23.0 Å². The molecule has 2 amide bonds. The van der Waals surface area contributed by atoms with E-state index in [-0.39, 0.29) is 6.54 Å². The number of ether oxygens (including phenoxy) is 1. The van der Waals surface area contributed by atoms with Gasteiger partial charge in [-0.2, -0.15) is 0 Å². The Morgan fingerprint density at radius 1 is 1.52 bits per heavy atom. The number of nitrogens with one attached hydrogen (secondary N) is 2. The number of benzene rings is 1. The Hall–Kier alpha value is -2.42.